The van der Waals surface area contributed by atoms with Crippen LogP contribution in [0.5, 0.6) is 0 Å². The van der Waals surface area contributed by atoms with E-state index in [1.165, 1.54) is 0 Å². The summed E-state index contributed by atoms with van der Waals surface area (Å²) >= 11 is 0. The van der Waals surface area contributed by atoms with Gasteiger partial charge < -0.3 is 17.5 Å². The third-order valence-electron chi connectivity index (χ3n) is 3.76. The summed E-state index contributed by atoms with van der Waals surface area (Å²) in [6, 6.07) is 9.97. The number of carbonyl (C=O) groups excluding carboxylic acids is 1. The van der Waals surface area contributed by atoms with E-state index in [2.05, 4.69) is 46.9 Å². The summed E-state index contributed by atoms with van der Waals surface area (Å²) in [5, 5.41) is 4.80. The molecule has 0 heterocycles. The second-order valence-corrected chi connectivity index (χ2v) is 12.1. The van der Waals surface area contributed by atoms with Gasteiger partial charge in [0.25, 0.3) is 0 Å². The maximum Gasteiger partial charge on any atom is 2.00 e. The molecule has 1 aromatic rings. The molecule has 0 aliphatic rings. The molecule has 2 nitrogen and oxygen atoms in total. The van der Waals surface area contributed by atoms with Gasteiger partial charge in [-0.1, -0.05) is 48.9 Å². The van der Waals surface area contributed by atoms with Crippen molar-refractivity contribution in [1.29, 1.82) is 0 Å². The van der Waals surface area contributed by atoms with Crippen molar-refractivity contribution in [3.63, 3.8) is 0 Å². The number of hydrogen-bond donors (Lipinski definition) is 0. The van der Waals surface area contributed by atoms with Gasteiger partial charge >= 0.3 is 16.5 Å². The largest absolute Gasteiger partial charge is 2.00 e. The molecule has 0 saturated heterocycles. The van der Waals surface area contributed by atoms with E-state index in [0.717, 1.165) is 5.56 Å². The average molecular weight is 381 g/mol. The monoisotopic (exact) mass is 380 g/mol. The van der Waals surface area contributed by atoms with E-state index in [0.29, 0.717) is 6.16 Å². The molecule has 1 aromatic carbocycles. The van der Waals surface area contributed by atoms with Crippen LogP contribution in [-0.2, 0) is 21.3 Å². The van der Waals surface area contributed by atoms with Gasteiger partial charge in [-0.05, 0) is 41.5 Å². The van der Waals surface area contributed by atoms with Crippen molar-refractivity contribution in [2.45, 2.75) is 64.8 Å². The van der Waals surface area contributed by atoms with Crippen molar-refractivity contribution < 1.29 is 21.3 Å². The molecule has 1 atom stereocenters. The minimum absolute atomic E-state index is 0. The predicted octanol–water partition coefficient (Wildman–Crippen LogP) is 5.91. The van der Waals surface area contributed by atoms with Crippen LogP contribution in [0, 0.1) is 7.43 Å². The molecule has 0 N–H and O–H groups in total. The maximum absolute atomic E-state index is 12.4. The van der Waals surface area contributed by atoms with Crippen LogP contribution < -0.4 is 0 Å². The molecular weight excluding hydrogens is 348 g/mol. The molecule has 0 spiro atoms. The van der Waals surface area contributed by atoms with E-state index in [9.17, 15) is 4.79 Å². The van der Waals surface area contributed by atoms with Gasteiger partial charge in [-0.2, -0.15) is 0 Å². The van der Waals surface area contributed by atoms with E-state index in [4.69, 9.17) is 0 Å². The van der Waals surface area contributed by atoms with Crippen molar-refractivity contribution >= 4 is 13.8 Å². The third-order valence-corrected chi connectivity index (χ3v) is 8.04. The van der Waals surface area contributed by atoms with Crippen LogP contribution in [-0.4, -0.2) is 22.4 Å². The summed E-state index contributed by atoms with van der Waals surface area (Å²) in [5.41, 5.74) is 1.10. The number of carbonyl (C=O) groups is 1. The van der Waals surface area contributed by atoms with E-state index in [-0.39, 0.29) is 46.2 Å². The predicted molar refractivity (Wildman–Crippen MR) is 102 cm³/mol. The van der Waals surface area contributed by atoms with Gasteiger partial charge in [0.2, 0.25) is 0 Å². The fraction of sp³-hybridized carbons (Fsp3) is 0.579. The van der Waals surface area contributed by atoms with Crippen LogP contribution >= 0.6 is 7.92 Å². The van der Waals surface area contributed by atoms with Crippen molar-refractivity contribution in [3.8, 4) is 0 Å². The first kappa shape index (κ1) is 24.9. The molecule has 4 heteroatoms. The zero-order valence-electron chi connectivity index (χ0n) is 15.8. The normalized spacial score (nSPS) is 12.9. The zero-order chi connectivity index (χ0) is 16.3. The van der Waals surface area contributed by atoms with Crippen LogP contribution in [0.2, 0.25) is 0 Å². The molecule has 1 unspecified atom stereocenters. The Kier molecular flexibility index (Phi) is 10.6. The molecule has 134 valence electrons. The second-order valence-electron chi connectivity index (χ2n) is 7.76. The maximum atomic E-state index is 12.4. The molecule has 0 radical (unpaired) electrons. The Hall–Kier alpha value is -0.386. The minimum atomic E-state index is -0.845. The molecule has 0 saturated carbocycles. The number of rotatable bonds is 4. The Morgan fingerprint density at radius 2 is 1.48 bits per heavy atom. The summed E-state index contributed by atoms with van der Waals surface area (Å²) in [5.74, 6) is 0.0603. The Labute approximate surface area is 154 Å². The molecular formula is C19H33NNiOP+. The summed E-state index contributed by atoms with van der Waals surface area (Å²) in [6.07, 6.45) is 0.620. The van der Waals surface area contributed by atoms with E-state index in [1.54, 1.807) is 0 Å². The molecule has 1 rings (SSSR count). The number of nitrogens with zero attached hydrogens (tertiary/aromatic N) is 1. The van der Waals surface area contributed by atoms with Crippen LogP contribution in [0.25, 0.3) is 5.32 Å². The van der Waals surface area contributed by atoms with E-state index < -0.39 is 7.92 Å². The molecule has 1 amide bonds. The average Bonchev–Trinajstić information content (AvgIpc) is 2.34. The molecule has 0 aliphatic heterocycles. The Morgan fingerprint density at radius 3 is 1.87 bits per heavy atom. The number of benzene rings is 1. The first-order valence-electron chi connectivity index (χ1n) is 7.67. The van der Waals surface area contributed by atoms with Gasteiger partial charge in [-0.15, -0.1) is 0 Å². The number of amides is 1. The van der Waals surface area contributed by atoms with Crippen molar-refractivity contribution in [2.75, 3.05) is 6.16 Å². The standard InChI is InChI=1S/C18H30NOP.CH3.Ni/c1-14(15-11-9-8-10-12-15)19-16(20)13-21(17(2,3)4)18(5,6)7;;/h8-12,14H,13H2,1-7H3,(H,19,20);1H3;/q;-1;+2. The first-order chi connectivity index (χ1) is 9.51. The smallest absolute Gasteiger partial charge is 0.644 e. The van der Waals surface area contributed by atoms with Gasteiger partial charge in [0.15, 0.2) is 0 Å². The van der Waals surface area contributed by atoms with Crippen LogP contribution in [0.4, 0.5) is 0 Å². The quantitative estimate of drug-likeness (QED) is 0.363. The molecule has 23 heavy (non-hydrogen) atoms. The van der Waals surface area contributed by atoms with Gasteiger partial charge in [-0.25, -0.2) is 0 Å². The van der Waals surface area contributed by atoms with Crippen LogP contribution in [0.15, 0.2) is 30.3 Å². The summed E-state index contributed by atoms with van der Waals surface area (Å²) in [6.45, 7) is 15.5. The van der Waals surface area contributed by atoms with E-state index >= 15 is 0 Å². The summed E-state index contributed by atoms with van der Waals surface area (Å²) in [7, 11) is -0.845. The van der Waals surface area contributed by atoms with Crippen molar-refractivity contribution in [2.24, 2.45) is 0 Å². The van der Waals surface area contributed by atoms with Gasteiger partial charge in [0.1, 0.15) is 0 Å². The van der Waals surface area contributed by atoms with E-state index in [1.807, 2.05) is 37.3 Å². The van der Waals surface area contributed by atoms with Crippen LogP contribution in [0.1, 0.15) is 60.1 Å². The minimum Gasteiger partial charge on any atom is -0.644 e. The molecule has 0 aromatic heterocycles. The number of hydrogen-bond acceptors (Lipinski definition) is 1. The van der Waals surface area contributed by atoms with Gasteiger partial charge in [-0.3, -0.25) is 0 Å². The Morgan fingerprint density at radius 1 is 1.04 bits per heavy atom. The fourth-order valence-electron chi connectivity index (χ4n) is 2.87. The molecule has 0 fully saturated rings. The third kappa shape index (κ3) is 8.32. The SMILES string of the molecule is CC([N-]C(=O)C[PH+](C(C)(C)C)C(C)(C)C)c1ccccc1.[CH3-].[Ni+2]. The second kappa shape index (κ2) is 9.80. The Bertz CT molecular complexity index is 448. The zero-order valence-corrected chi connectivity index (χ0v) is 17.8. The first-order valence-corrected chi connectivity index (χ1v) is 9.38. The van der Waals surface area contributed by atoms with Crippen LogP contribution in [0.3, 0.4) is 0 Å². The molecule has 0 aliphatic carbocycles. The van der Waals surface area contributed by atoms with Gasteiger partial charge in [0, 0.05) is 7.92 Å². The topological polar surface area (TPSA) is 31.2 Å². The van der Waals surface area contributed by atoms with Crippen molar-refractivity contribution in [3.05, 3.63) is 48.6 Å². The Balaban J connectivity index is 0. The molecule has 0 bridgehead atoms. The van der Waals surface area contributed by atoms with Crippen molar-refractivity contribution in [1.82, 2.24) is 0 Å². The summed E-state index contributed by atoms with van der Waals surface area (Å²) < 4.78 is 0. The fourth-order valence-corrected chi connectivity index (χ4v) is 6.58. The van der Waals surface area contributed by atoms with Gasteiger partial charge in [0.05, 0.1) is 22.4 Å². The summed E-state index contributed by atoms with van der Waals surface area (Å²) in [4.78, 5) is 12.4.